The minimum absolute atomic E-state index is 0.453. The Kier molecular flexibility index (Phi) is 2.22. The van der Waals surface area contributed by atoms with Crippen molar-refractivity contribution in [3.63, 3.8) is 0 Å². The summed E-state index contributed by atoms with van der Waals surface area (Å²) in [6.07, 6.45) is 8.04. The average molecular weight is 175 g/mol. The first kappa shape index (κ1) is 7.90. The van der Waals surface area contributed by atoms with Gasteiger partial charge in [-0.05, 0) is 18.6 Å². The molecule has 0 aliphatic heterocycles. The van der Waals surface area contributed by atoms with Crippen LogP contribution in [0.5, 0.6) is 0 Å². The molecule has 1 aliphatic carbocycles. The molecule has 0 aromatic heterocycles. The van der Waals surface area contributed by atoms with Gasteiger partial charge in [-0.25, -0.2) is 0 Å². The van der Waals surface area contributed by atoms with E-state index >= 15 is 0 Å². The molecule has 1 aliphatic rings. The van der Waals surface area contributed by atoms with Gasteiger partial charge in [-0.3, -0.25) is 0 Å². The molecule has 0 fully saturated rings. The fourth-order valence-electron chi connectivity index (χ4n) is 0.831. The molecule has 2 heteroatoms. The molecular formula is C8H8Cl2. The Hall–Kier alpha value is -0.200. The lowest BCUT2D eigenvalue weighted by atomic mass is 10.0. The van der Waals surface area contributed by atoms with Crippen LogP contribution in [-0.2, 0) is 0 Å². The Bertz CT molecular complexity index is 203. The molecular weight excluding hydrogens is 167 g/mol. The van der Waals surface area contributed by atoms with Crippen LogP contribution in [0.15, 0.2) is 35.9 Å². The highest BCUT2D eigenvalue weighted by Gasteiger charge is 2.20. The highest BCUT2D eigenvalue weighted by molar-refractivity contribution is 6.33. The van der Waals surface area contributed by atoms with Gasteiger partial charge < -0.3 is 0 Å². The minimum atomic E-state index is -0.453. The predicted octanol–water partition coefficient (Wildman–Crippen LogP) is 3.23. The first-order valence-electron chi connectivity index (χ1n) is 3.04. The maximum Gasteiger partial charge on any atom is 0.0855 e. The highest BCUT2D eigenvalue weighted by atomic mass is 35.5. The lowest BCUT2D eigenvalue weighted by molar-refractivity contribution is 0.866. The third-order valence-electron chi connectivity index (χ3n) is 1.42. The van der Waals surface area contributed by atoms with E-state index in [0.29, 0.717) is 5.03 Å². The van der Waals surface area contributed by atoms with Crippen LogP contribution in [0.4, 0.5) is 0 Å². The zero-order valence-corrected chi connectivity index (χ0v) is 6.99. The highest BCUT2D eigenvalue weighted by Crippen LogP contribution is 2.30. The summed E-state index contributed by atoms with van der Waals surface area (Å²) in [6, 6.07) is 0. The molecule has 0 saturated carbocycles. The summed E-state index contributed by atoms with van der Waals surface area (Å²) in [6.45, 7) is 3.62. The maximum atomic E-state index is 6.02. The maximum absolute atomic E-state index is 6.02. The van der Waals surface area contributed by atoms with E-state index in [-0.39, 0.29) is 0 Å². The van der Waals surface area contributed by atoms with E-state index < -0.39 is 4.87 Å². The van der Waals surface area contributed by atoms with Crippen LogP contribution in [0.1, 0.15) is 6.42 Å². The van der Waals surface area contributed by atoms with E-state index in [9.17, 15) is 0 Å². The van der Waals surface area contributed by atoms with Gasteiger partial charge in [-0.15, -0.1) is 18.2 Å². The lowest BCUT2D eigenvalue weighted by Crippen LogP contribution is -2.14. The number of allylic oxidation sites excluding steroid dienone is 5. The molecule has 10 heavy (non-hydrogen) atoms. The van der Waals surface area contributed by atoms with Crippen molar-refractivity contribution in [3.8, 4) is 0 Å². The Morgan fingerprint density at radius 1 is 1.70 bits per heavy atom. The third kappa shape index (κ3) is 1.65. The first-order chi connectivity index (χ1) is 4.66. The molecule has 0 nitrogen and oxygen atoms in total. The van der Waals surface area contributed by atoms with Crippen molar-refractivity contribution in [2.45, 2.75) is 11.3 Å². The number of hydrogen-bond donors (Lipinski definition) is 0. The van der Waals surface area contributed by atoms with Crippen molar-refractivity contribution in [1.29, 1.82) is 0 Å². The summed E-state index contributed by atoms with van der Waals surface area (Å²) in [5.41, 5.74) is 0. The predicted molar refractivity (Wildman–Crippen MR) is 46.5 cm³/mol. The molecule has 0 N–H and O–H groups in total. The molecule has 1 unspecified atom stereocenters. The second-order valence-electron chi connectivity index (χ2n) is 2.27. The average Bonchev–Trinajstić information content (AvgIpc) is 1.88. The van der Waals surface area contributed by atoms with E-state index in [4.69, 9.17) is 23.2 Å². The SMILES string of the molecule is C=CC1(Cl)C=C(Cl)C=CC1. The zero-order chi connectivity index (χ0) is 7.61. The monoisotopic (exact) mass is 174 g/mol. The van der Waals surface area contributed by atoms with Crippen molar-refractivity contribution in [2.75, 3.05) is 0 Å². The van der Waals surface area contributed by atoms with Crippen LogP contribution in [0.2, 0.25) is 0 Å². The normalized spacial score (nSPS) is 31.6. The summed E-state index contributed by atoms with van der Waals surface area (Å²) in [5, 5.41) is 0.682. The van der Waals surface area contributed by atoms with E-state index in [1.54, 1.807) is 12.2 Å². The van der Waals surface area contributed by atoms with Gasteiger partial charge in [0.1, 0.15) is 0 Å². The summed E-state index contributed by atoms with van der Waals surface area (Å²) in [5.74, 6) is 0. The van der Waals surface area contributed by atoms with Crippen molar-refractivity contribution >= 4 is 23.2 Å². The molecule has 54 valence electrons. The number of rotatable bonds is 1. The molecule has 0 bridgehead atoms. The summed E-state index contributed by atoms with van der Waals surface area (Å²) < 4.78 is 0. The van der Waals surface area contributed by atoms with Crippen LogP contribution < -0.4 is 0 Å². The van der Waals surface area contributed by atoms with Crippen molar-refractivity contribution in [1.82, 2.24) is 0 Å². The molecule has 0 radical (unpaired) electrons. The van der Waals surface area contributed by atoms with Crippen molar-refractivity contribution in [3.05, 3.63) is 35.9 Å². The van der Waals surface area contributed by atoms with Gasteiger partial charge >= 0.3 is 0 Å². The summed E-state index contributed by atoms with van der Waals surface area (Å²) in [7, 11) is 0. The van der Waals surface area contributed by atoms with E-state index in [0.717, 1.165) is 6.42 Å². The largest absolute Gasteiger partial charge is 0.110 e. The van der Waals surface area contributed by atoms with Crippen LogP contribution in [0.25, 0.3) is 0 Å². The van der Waals surface area contributed by atoms with Gasteiger partial charge in [-0.2, -0.15) is 0 Å². The molecule has 1 atom stereocenters. The van der Waals surface area contributed by atoms with E-state index in [2.05, 4.69) is 6.58 Å². The zero-order valence-electron chi connectivity index (χ0n) is 5.48. The molecule has 0 spiro atoms. The Labute approximate surface area is 70.8 Å². The Morgan fingerprint density at radius 3 is 2.80 bits per heavy atom. The van der Waals surface area contributed by atoms with Gasteiger partial charge in [0.15, 0.2) is 0 Å². The topological polar surface area (TPSA) is 0 Å². The van der Waals surface area contributed by atoms with Crippen molar-refractivity contribution < 1.29 is 0 Å². The lowest BCUT2D eigenvalue weighted by Gasteiger charge is -2.19. The van der Waals surface area contributed by atoms with Gasteiger partial charge in [0, 0.05) is 5.03 Å². The summed E-state index contributed by atoms with van der Waals surface area (Å²) in [4.78, 5) is -0.453. The van der Waals surface area contributed by atoms with Crippen LogP contribution in [-0.4, -0.2) is 4.87 Å². The van der Waals surface area contributed by atoms with E-state index in [1.807, 2.05) is 12.2 Å². The van der Waals surface area contributed by atoms with Crippen molar-refractivity contribution in [2.24, 2.45) is 0 Å². The third-order valence-corrected chi connectivity index (χ3v) is 2.08. The molecule has 1 rings (SSSR count). The second-order valence-corrected chi connectivity index (χ2v) is 3.41. The summed E-state index contributed by atoms with van der Waals surface area (Å²) >= 11 is 11.7. The Morgan fingerprint density at radius 2 is 2.40 bits per heavy atom. The molecule has 0 amide bonds. The van der Waals surface area contributed by atoms with Crippen LogP contribution >= 0.6 is 23.2 Å². The number of alkyl halides is 1. The smallest absolute Gasteiger partial charge is 0.0855 e. The van der Waals surface area contributed by atoms with Gasteiger partial charge in [0.05, 0.1) is 4.87 Å². The van der Waals surface area contributed by atoms with Crippen LogP contribution in [0, 0.1) is 0 Å². The standard InChI is InChI=1S/C8H8Cl2/c1-2-8(10)5-3-4-7(9)6-8/h2-4,6H,1,5H2. The van der Waals surface area contributed by atoms with Gasteiger partial charge in [0.25, 0.3) is 0 Å². The fourth-order valence-corrected chi connectivity index (χ4v) is 1.38. The quantitative estimate of drug-likeness (QED) is 0.424. The first-order valence-corrected chi connectivity index (χ1v) is 3.79. The minimum Gasteiger partial charge on any atom is -0.110 e. The number of halogens is 2. The van der Waals surface area contributed by atoms with E-state index in [1.165, 1.54) is 0 Å². The second kappa shape index (κ2) is 2.81. The number of hydrogen-bond acceptors (Lipinski definition) is 0. The Balaban J connectivity index is 2.86. The molecule has 0 saturated heterocycles. The molecule has 0 aromatic rings. The van der Waals surface area contributed by atoms with Gasteiger partial charge in [0.2, 0.25) is 0 Å². The molecule has 0 heterocycles. The van der Waals surface area contributed by atoms with Gasteiger partial charge in [-0.1, -0.05) is 23.8 Å². The molecule has 0 aromatic carbocycles. The van der Waals surface area contributed by atoms with Crippen LogP contribution in [0.3, 0.4) is 0 Å². The fraction of sp³-hybridized carbons (Fsp3) is 0.250.